The average Bonchev–Trinajstić information content (AvgIpc) is 2.33. The Morgan fingerprint density at radius 3 is 2.59 bits per heavy atom. The topological polar surface area (TPSA) is 32.3 Å². The zero-order chi connectivity index (χ0) is 11.5. The summed E-state index contributed by atoms with van der Waals surface area (Å²) in [6, 6.07) is 5.75. The van der Waals surface area contributed by atoms with Crippen molar-refractivity contribution in [2.45, 2.75) is 6.92 Å². The molecule has 1 aromatic carbocycles. The zero-order valence-electron chi connectivity index (χ0n) is 9.70. The van der Waals surface area contributed by atoms with Crippen molar-refractivity contribution in [3.8, 4) is 0 Å². The lowest BCUT2D eigenvalue weighted by molar-refractivity contribution is 0.0735. The monoisotopic (exact) mass is 318 g/mol. The lowest BCUT2D eigenvalue weighted by Gasteiger charge is -2.27. The predicted molar refractivity (Wildman–Crippen MR) is 74.9 cm³/mol. The number of carbonyl (C=O) groups is 1. The van der Waals surface area contributed by atoms with Crippen molar-refractivity contribution in [3.63, 3.8) is 0 Å². The fourth-order valence-corrected chi connectivity index (χ4v) is 2.07. The summed E-state index contributed by atoms with van der Waals surface area (Å²) in [4.78, 5) is 14.0. The summed E-state index contributed by atoms with van der Waals surface area (Å²) in [5.74, 6) is 0.136. The first kappa shape index (κ1) is 14.5. The van der Waals surface area contributed by atoms with E-state index in [-0.39, 0.29) is 18.3 Å². The third-order valence-corrected chi connectivity index (χ3v) is 3.70. The van der Waals surface area contributed by atoms with Gasteiger partial charge in [-0.05, 0) is 30.7 Å². The van der Waals surface area contributed by atoms with Gasteiger partial charge in [0.15, 0.2) is 0 Å². The van der Waals surface area contributed by atoms with Gasteiger partial charge in [-0.2, -0.15) is 0 Å². The van der Waals surface area contributed by atoms with Crippen LogP contribution < -0.4 is 5.32 Å². The molecule has 5 heteroatoms. The molecule has 17 heavy (non-hydrogen) atoms. The standard InChI is InChI=1S/C12H15BrN2O.ClH/c1-9-8-10(2-3-11(9)13)12(16)15-6-4-14-5-7-15;/h2-3,8,14H,4-7H2,1H3;1H. The molecule has 1 amide bonds. The average molecular weight is 320 g/mol. The van der Waals surface area contributed by atoms with E-state index in [1.807, 2.05) is 30.0 Å². The van der Waals surface area contributed by atoms with E-state index in [9.17, 15) is 4.79 Å². The molecule has 1 aliphatic heterocycles. The molecule has 0 unspecified atom stereocenters. The van der Waals surface area contributed by atoms with Crippen LogP contribution >= 0.6 is 28.3 Å². The lowest BCUT2D eigenvalue weighted by Crippen LogP contribution is -2.46. The summed E-state index contributed by atoms with van der Waals surface area (Å²) in [6.45, 7) is 5.38. The van der Waals surface area contributed by atoms with Gasteiger partial charge in [0.1, 0.15) is 0 Å². The maximum absolute atomic E-state index is 12.1. The van der Waals surface area contributed by atoms with Crippen LogP contribution in [0.2, 0.25) is 0 Å². The van der Waals surface area contributed by atoms with Crippen molar-refractivity contribution in [2.75, 3.05) is 26.2 Å². The molecule has 2 rings (SSSR count). The highest BCUT2D eigenvalue weighted by molar-refractivity contribution is 9.10. The van der Waals surface area contributed by atoms with E-state index in [1.165, 1.54) is 0 Å². The van der Waals surface area contributed by atoms with Crippen LogP contribution in [0.4, 0.5) is 0 Å². The van der Waals surface area contributed by atoms with E-state index in [0.717, 1.165) is 41.8 Å². The molecule has 0 aromatic heterocycles. The van der Waals surface area contributed by atoms with Crippen LogP contribution in [0.3, 0.4) is 0 Å². The van der Waals surface area contributed by atoms with Crippen LogP contribution in [0.15, 0.2) is 22.7 Å². The van der Waals surface area contributed by atoms with E-state index in [0.29, 0.717) is 0 Å². The van der Waals surface area contributed by atoms with Crippen molar-refractivity contribution < 1.29 is 4.79 Å². The first-order valence-corrected chi connectivity index (χ1v) is 6.24. The first-order valence-electron chi connectivity index (χ1n) is 5.44. The smallest absolute Gasteiger partial charge is 0.253 e. The summed E-state index contributed by atoms with van der Waals surface area (Å²) < 4.78 is 1.05. The Bertz CT molecular complexity index is 405. The Kier molecular flexibility index (Phi) is 5.43. The van der Waals surface area contributed by atoms with Crippen molar-refractivity contribution in [1.29, 1.82) is 0 Å². The van der Waals surface area contributed by atoms with E-state index >= 15 is 0 Å². The van der Waals surface area contributed by atoms with Crippen molar-refractivity contribution in [3.05, 3.63) is 33.8 Å². The highest BCUT2D eigenvalue weighted by Gasteiger charge is 2.17. The van der Waals surface area contributed by atoms with Gasteiger partial charge in [-0.15, -0.1) is 12.4 Å². The number of carbonyl (C=O) groups excluding carboxylic acids is 1. The number of piperazine rings is 1. The molecule has 0 atom stereocenters. The van der Waals surface area contributed by atoms with Crippen LogP contribution in [0.1, 0.15) is 15.9 Å². The minimum absolute atomic E-state index is 0. The minimum atomic E-state index is 0. The predicted octanol–water partition coefficient (Wildman–Crippen LogP) is 2.22. The van der Waals surface area contributed by atoms with Crippen LogP contribution in [0, 0.1) is 6.92 Å². The van der Waals surface area contributed by atoms with E-state index < -0.39 is 0 Å². The normalized spacial score (nSPS) is 15.3. The van der Waals surface area contributed by atoms with E-state index in [1.54, 1.807) is 0 Å². The molecule has 94 valence electrons. The number of hydrogen-bond acceptors (Lipinski definition) is 2. The second-order valence-electron chi connectivity index (χ2n) is 4.01. The maximum atomic E-state index is 12.1. The molecule has 1 heterocycles. The first-order chi connectivity index (χ1) is 7.68. The van der Waals surface area contributed by atoms with E-state index in [2.05, 4.69) is 21.2 Å². The molecule has 0 aliphatic carbocycles. The molecule has 0 bridgehead atoms. The third kappa shape index (κ3) is 3.44. The number of hydrogen-bond donors (Lipinski definition) is 1. The van der Waals surface area contributed by atoms with Crippen LogP contribution in [0.25, 0.3) is 0 Å². The lowest BCUT2D eigenvalue weighted by atomic mass is 10.1. The zero-order valence-corrected chi connectivity index (χ0v) is 12.1. The van der Waals surface area contributed by atoms with Crippen molar-refractivity contribution in [1.82, 2.24) is 10.2 Å². The van der Waals surface area contributed by atoms with Crippen LogP contribution in [-0.4, -0.2) is 37.0 Å². The van der Waals surface area contributed by atoms with Gasteiger partial charge >= 0.3 is 0 Å². The SMILES string of the molecule is Cc1cc(C(=O)N2CCNCC2)ccc1Br.Cl. The Morgan fingerprint density at radius 2 is 2.00 bits per heavy atom. The number of nitrogens with one attached hydrogen (secondary N) is 1. The number of benzene rings is 1. The Morgan fingerprint density at radius 1 is 1.35 bits per heavy atom. The van der Waals surface area contributed by atoms with Crippen molar-refractivity contribution >= 4 is 34.2 Å². The number of halogens is 2. The summed E-state index contributed by atoms with van der Waals surface area (Å²) in [5.41, 5.74) is 1.88. The molecule has 1 saturated heterocycles. The number of amides is 1. The van der Waals surface area contributed by atoms with Gasteiger partial charge in [0, 0.05) is 36.2 Å². The number of aryl methyl sites for hydroxylation is 1. The van der Waals surface area contributed by atoms with Gasteiger partial charge in [0.05, 0.1) is 0 Å². The maximum Gasteiger partial charge on any atom is 0.253 e. The van der Waals surface area contributed by atoms with Gasteiger partial charge in [-0.25, -0.2) is 0 Å². The van der Waals surface area contributed by atoms with Gasteiger partial charge < -0.3 is 10.2 Å². The Balaban J connectivity index is 0.00000144. The van der Waals surface area contributed by atoms with Gasteiger partial charge in [-0.1, -0.05) is 15.9 Å². The van der Waals surface area contributed by atoms with E-state index in [4.69, 9.17) is 0 Å². The highest BCUT2D eigenvalue weighted by Crippen LogP contribution is 2.18. The van der Waals surface area contributed by atoms with Crippen LogP contribution in [0.5, 0.6) is 0 Å². The Labute approximate surface area is 116 Å². The van der Waals surface area contributed by atoms with Crippen molar-refractivity contribution in [2.24, 2.45) is 0 Å². The summed E-state index contributed by atoms with van der Waals surface area (Å²) >= 11 is 3.44. The Hall–Kier alpha value is -0.580. The number of rotatable bonds is 1. The molecule has 0 spiro atoms. The molecular formula is C12H16BrClN2O. The molecular weight excluding hydrogens is 304 g/mol. The molecule has 1 N–H and O–H groups in total. The highest BCUT2D eigenvalue weighted by atomic mass is 79.9. The molecule has 1 aliphatic rings. The second kappa shape index (κ2) is 6.38. The second-order valence-corrected chi connectivity index (χ2v) is 4.86. The molecule has 0 radical (unpaired) electrons. The van der Waals surface area contributed by atoms with Gasteiger partial charge in [0.2, 0.25) is 0 Å². The summed E-state index contributed by atoms with van der Waals surface area (Å²) in [7, 11) is 0. The van der Waals surface area contributed by atoms with Gasteiger partial charge in [-0.3, -0.25) is 4.79 Å². The summed E-state index contributed by atoms with van der Waals surface area (Å²) in [6.07, 6.45) is 0. The largest absolute Gasteiger partial charge is 0.336 e. The van der Waals surface area contributed by atoms with Crippen LogP contribution in [-0.2, 0) is 0 Å². The van der Waals surface area contributed by atoms with Gasteiger partial charge in [0.25, 0.3) is 5.91 Å². The fraction of sp³-hybridized carbons (Fsp3) is 0.417. The minimum Gasteiger partial charge on any atom is -0.336 e. The molecule has 3 nitrogen and oxygen atoms in total. The molecule has 1 fully saturated rings. The summed E-state index contributed by atoms with van der Waals surface area (Å²) in [5, 5.41) is 3.24. The third-order valence-electron chi connectivity index (χ3n) is 2.81. The number of nitrogens with zero attached hydrogens (tertiary/aromatic N) is 1. The quantitative estimate of drug-likeness (QED) is 0.861. The fourth-order valence-electron chi connectivity index (χ4n) is 1.83. The molecule has 1 aromatic rings. The molecule has 0 saturated carbocycles.